The maximum absolute atomic E-state index is 11.9. The van der Waals surface area contributed by atoms with Crippen molar-refractivity contribution < 1.29 is 15.0 Å². The van der Waals surface area contributed by atoms with Crippen LogP contribution in [0.15, 0.2) is 91.0 Å². The molecule has 3 aromatic rings. The fourth-order valence-electron chi connectivity index (χ4n) is 3.75. The molecule has 0 saturated carbocycles. The van der Waals surface area contributed by atoms with Gasteiger partial charge in [-0.1, -0.05) is 91.0 Å². The molecule has 0 fully saturated rings. The minimum atomic E-state index is -1.06. The number of nitrogens with zero attached hydrogens (tertiary/aromatic N) is 1. The number of benzene rings is 3. The third-order valence-electron chi connectivity index (χ3n) is 5.03. The number of rotatable bonds is 7. The van der Waals surface area contributed by atoms with Crippen LogP contribution in [-0.2, 0) is 10.3 Å². The van der Waals surface area contributed by atoms with Gasteiger partial charge < -0.3 is 10.2 Å². The first-order valence-electron chi connectivity index (χ1n) is 8.85. The molecule has 0 aliphatic carbocycles. The molecule has 3 rings (SSSR count). The number of aliphatic carboxylic acids is 1. The molecule has 27 heavy (non-hydrogen) atoms. The summed E-state index contributed by atoms with van der Waals surface area (Å²) >= 11 is 0. The minimum absolute atomic E-state index is 0.486. The highest BCUT2D eigenvalue weighted by atomic mass is 16.4. The minimum Gasteiger partial charge on any atom is -0.480 e. The first-order chi connectivity index (χ1) is 13.1. The molecule has 1 atom stereocenters. The van der Waals surface area contributed by atoms with Crippen LogP contribution in [0.2, 0.25) is 0 Å². The summed E-state index contributed by atoms with van der Waals surface area (Å²) < 4.78 is 0. The van der Waals surface area contributed by atoms with E-state index in [1.807, 2.05) is 91.0 Å². The Morgan fingerprint density at radius 3 is 1.41 bits per heavy atom. The van der Waals surface area contributed by atoms with Gasteiger partial charge in [-0.05, 0) is 23.7 Å². The lowest BCUT2D eigenvalue weighted by atomic mass is 9.75. The Labute approximate surface area is 159 Å². The fraction of sp³-hybridized carbons (Fsp3) is 0.174. The van der Waals surface area contributed by atoms with Crippen molar-refractivity contribution in [2.75, 3.05) is 13.7 Å². The molecule has 0 aliphatic heterocycles. The summed E-state index contributed by atoms with van der Waals surface area (Å²) in [6.07, 6.45) is 0. The lowest BCUT2D eigenvalue weighted by Crippen LogP contribution is -2.54. The number of carboxylic acids is 1. The highest BCUT2D eigenvalue weighted by Gasteiger charge is 2.44. The molecule has 0 radical (unpaired) electrons. The molecule has 4 nitrogen and oxygen atoms in total. The zero-order valence-corrected chi connectivity index (χ0v) is 15.2. The van der Waals surface area contributed by atoms with E-state index in [2.05, 4.69) is 0 Å². The Bertz CT molecular complexity index is 769. The highest BCUT2D eigenvalue weighted by molar-refractivity contribution is 5.74. The number of hydrogen-bond donors (Lipinski definition) is 2. The zero-order chi connectivity index (χ0) is 19.3. The molecule has 0 saturated heterocycles. The average molecular weight is 361 g/mol. The molecule has 0 heterocycles. The average Bonchev–Trinajstić information content (AvgIpc) is 2.71. The summed E-state index contributed by atoms with van der Waals surface area (Å²) in [4.78, 5) is 13.7. The number of carbonyl (C=O) groups is 1. The van der Waals surface area contributed by atoms with E-state index in [0.29, 0.717) is 0 Å². The second-order valence-electron chi connectivity index (χ2n) is 6.46. The van der Waals surface area contributed by atoms with Gasteiger partial charge in [-0.15, -0.1) is 0 Å². The number of aliphatic hydroxyl groups is 1. The molecular formula is C23H23NO3. The summed E-state index contributed by atoms with van der Waals surface area (Å²) in [5.41, 5.74) is 1.94. The van der Waals surface area contributed by atoms with E-state index in [1.54, 1.807) is 11.9 Å². The van der Waals surface area contributed by atoms with Crippen LogP contribution in [0.5, 0.6) is 0 Å². The molecule has 1 unspecified atom stereocenters. The SMILES string of the molecule is CN(C(CO)C(=O)O)C(c1ccccc1)(c1ccccc1)c1ccccc1. The van der Waals surface area contributed by atoms with Crippen LogP contribution in [0.3, 0.4) is 0 Å². The van der Waals surface area contributed by atoms with E-state index in [-0.39, 0.29) is 0 Å². The summed E-state index contributed by atoms with van der Waals surface area (Å²) in [7, 11) is 1.75. The maximum atomic E-state index is 11.9. The van der Waals surface area contributed by atoms with E-state index >= 15 is 0 Å². The molecule has 0 aliphatic rings. The van der Waals surface area contributed by atoms with Gasteiger partial charge in [-0.25, -0.2) is 0 Å². The van der Waals surface area contributed by atoms with Crippen molar-refractivity contribution in [1.82, 2.24) is 4.90 Å². The Morgan fingerprint density at radius 1 is 0.815 bits per heavy atom. The monoisotopic (exact) mass is 361 g/mol. The smallest absolute Gasteiger partial charge is 0.323 e. The second-order valence-corrected chi connectivity index (χ2v) is 6.46. The summed E-state index contributed by atoms with van der Waals surface area (Å²) in [6, 6.07) is 28.4. The first kappa shape index (κ1) is 18.8. The van der Waals surface area contributed by atoms with Crippen molar-refractivity contribution in [3.8, 4) is 0 Å². The van der Waals surface area contributed by atoms with Crippen LogP contribution in [0.4, 0.5) is 0 Å². The van der Waals surface area contributed by atoms with E-state index in [0.717, 1.165) is 16.7 Å². The summed E-state index contributed by atoms with van der Waals surface area (Å²) in [5, 5.41) is 19.6. The van der Waals surface area contributed by atoms with Crippen LogP contribution in [-0.4, -0.2) is 40.8 Å². The van der Waals surface area contributed by atoms with Gasteiger partial charge in [0, 0.05) is 0 Å². The van der Waals surface area contributed by atoms with Crippen LogP contribution < -0.4 is 0 Å². The van der Waals surface area contributed by atoms with Gasteiger partial charge in [0.1, 0.15) is 6.04 Å². The molecule has 0 amide bonds. The van der Waals surface area contributed by atoms with Gasteiger partial charge in [0.15, 0.2) is 0 Å². The largest absolute Gasteiger partial charge is 0.480 e. The van der Waals surface area contributed by atoms with E-state index in [9.17, 15) is 15.0 Å². The van der Waals surface area contributed by atoms with E-state index in [4.69, 9.17) is 0 Å². The van der Waals surface area contributed by atoms with Crippen molar-refractivity contribution in [3.63, 3.8) is 0 Å². The Hall–Kier alpha value is -2.95. The third kappa shape index (κ3) is 3.37. The standard InChI is InChI=1S/C23H23NO3/c1-24(21(17-25)22(26)27)23(18-11-5-2-6-12-18,19-13-7-3-8-14-19)20-15-9-4-10-16-20/h2-16,21,25H,17H2,1H3,(H,26,27). The van der Waals surface area contributed by atoms with Crippen LogP contribution in [0.25, 0.3) is 0 Å². The van der Waals surface area contributed by atoms with E-state index in [1.165, 1.54) is 0 Å². The van der Waals surface area contributed by atoms with Crippen molar-refractivity contribution in [3.05, 3.63) is 108 Å². The predicted octanol–water partition coefficient (Wildman–Crippen LogP) is 3.36. The second kappa shape index (κ2) is 8.16. The van der Waals surface area contributed by atoms with Gasteiger partial charge in [-0.2, -0.15) is 0 Å². The molecule has 2 N–H and O–H groups in total. The molecule has 4 heteroatoms. The fourth-order valence-corrected chi connectivity index (χ4v) is 3.75. The Balaban J connectivity index is 2.38. The van der Waals surface area contributed by atoms with Crippen molar-refractivity contribution in [1.29, 1.82) is 0 Å². The van der Waals surface area contributed by atoms with Gasteiger partial charge in [-0.3, -0.25) is 9.69 Å². The topological polar surface area (TPSA) is 60.8 Å². The lowest BCUT2D eigenvalue weighted by Gasteiger charge is -2.45. The van der Waals surface area contributed by atoms with Crippen molar-refractivity contribution >= 4 is 5.97 Å². The number of aliphatic hydroxyl groups excluding tert-OH is 1. The summed E-state index contributed by atoms with van der Waals surface area (Å²) in [6.45, 7) is -0.486. The van der Waals surface area contributed by atoms with E-state index < -0.39 is 24.2 Å². The number of carboxylic acid groups (broad SMARTS) is 1. The predicted molar refractivity (Wildman–Crippen MR) is 105 cm³/mol. The van der Waals surface area contributed by atoms with Crippen LogP contribution in [0, 0.1) is 0 Å². The molecule has 3 aromatic carbocycles. The first-order valence-corrected chi connectivity index (χ1v) is 8.85. The van der Waals surface area contributed by atoms with Gasteiger partial charge in [0.2, 0.25) is 0 Å². The molecule has 0 spiro atoms. The van der Waals surface area contributed by atoms with Crippen LogP contribution >= 0.6 is 0 Å². The Kier molecular flexibility index (Phi) is 5.69. The lowest BCUT2D eigenvalue weighted by molar-refractivity contribution is -0.146. The summed E-state index contributed by atoms with van der Waals surface area (Å²) in [5.74, 6) is -1.06. The number of likely N-dealkylation sites (N-methyl/N-ethyl adjacent to an activating group) is 1. The van der Waals surface area contributed by atoms with Crippen molar-refractivity contribution in [2.45, 2.75) is 11.6 Å². The van der Waals surface area contributed by atoms with Crippen molar-refractivity contribution in [2.24, 2.45) is 0 Å². The zero-order valence-electron chi connectivity index (χ0n) is 15.2. The quantitative estimate of drug-likeness (QED) is 0.634. The highest BCUT2D eigenvalue weighted by Crippen LogP contribution is 2.42. The molecule has 0 bridgehead atoms. The van der Waals surface area contributed by atoms with Gasteiger partial charge in [0.05, 0.1) is 12.1 Å². The molecular weight excluding hydrogens is 338 g/mol. The third-order valence-corrected chi connectivity index (χ3v) is 5.03. The molecule has 138 valence electrons. The number of hydrogen-bond acceptors (Lipinski definition) is 3. The molecule has 0 aromatic heterocycles. The van der Waals surface area contributed by atoms with Gasteiger partial charge >= 0.3 is 5.97 Å². The van der Waals surface area contributed by atoms with Crippen LogP contribution in [0.1, 0.15) is 16.7 Å². The van der Waals surface area contributed by atoms with Gasteiger partial charge in [0.25, 0.3) is 0 Å². The normalized spacial score (nSPS) is 12.7. The Morgan fingerprint density at radius 2 is 1.15 bits per heavy atom. The maximum Gasteiger partial charge on any atom is 0.323 e.